The maximum Gasteiger partial charge on any atom is 0.224 e. The lowest BCUT2D eigenvalue weighted by molar-refractivity contribution is -0.120. The van der Waals surface area contributed by atoms with E-state index in [4.69, 9.17) is 5.73 Å². The third-order valence-corrected chi connectivity index (χ3v) is 3.52. The minimum Gasteiger partial charge on any atom is -0.356 e. The van der Waals surface area contributed by atoms with Gasteiger partial charge in [-0.25, -0.2) is 8.78 Å². The van der Waals surface area contributed by atoms with Crippen molar-refractivity contribution < 1.29 is 13.6 Å². The van der Waals surface area contributed by atoms with Crippen LogP contribution in [0.3, 0.4) is 0 Å². The average molecular weight is 268 g/mol. The van der Waals surface area contributed by atoms with E-state index in [0.717, 1.165) is 31.4 Å². The van der Waals surface area contributed by atoms with Gasteiger partial charge in [0.2, 0.25) is 5.91 Å². The van der Waals surface area contributed by atoms with E-state index >= 15 is 0 Å². The molecule has 104 valence electrons. The largest absolute Gasteiger partial charge is 0.356 e. The maximum atomic E-state index is 13.0. The molecule has 0 saturated heterocycles. The predicted octanol–water partition coefficient (Wildman–Crippen LogP) is 1.75. The predicted molar refractivity (Wildman–Crippen MR) is 68.4 cm³/mol. The van der Waals surface area contributed by atoms with Gasteiger partial charge in [0.25, 0.3) is 0 Å². The molecule has 1 aliphatic carbocycles. The van der Waals surface area contributed by atoms with E-state index < -0.39 is 11.6 Å². The molecule has 19 heavy (non-hydrogen) atoms. The summed E-state index contributed by atoms with van der Waals surface area (Å²) in [4.78, 5) is 11.7. The summed E-state index contributed by atoms with van der Waals surface area (Å²) < 4.78 is 25.7. The van der Waals surface area contributed by atoms with E-state index in [1.165, 1.54) is 6.07 Å². The molecule has 3 N–H and O–H groups in total. The molecule has 1 saturated carbocycles. The number of nitrogens with one attached hydrogen (secondary N) is 1. The van der Waals surface area contributed by atoms with Gasteiger partial charge in [0.15, 0.2) is 11.6 Å². The van der Waals surface area contributed by atoms with Gasteiger partial charge in [-0.2, -0.15) is 0 Å². The zero-order valence-electron chi connectivity index (χ0n) is 10.7. The van der Waals surface area contributed by atoms with Crippen LogP contribution in [0.15, 0.2) is 18.2 Å². The van der Waals surface area contributed by atoms with Crippen LogP contribution >= 0.6 is 0 Å². The van der Waals surface area contributed by atoms with Crippen LogP contribution in [0.25, 0.3) is 0 Å². The van der Waals surface area contributed by atoms with Crippen LogP contribution in [0, 0.1) is 17.6 Å². The van der Waals surface area contributed by atoms with E-state index in [2.05, 4.69) is 5.32 Å². The molecule has 0 heterocycles. The van der Waals surface area contributed by atoms with Gasteiger partial charge in [-0.15, -0.1) is 0 Å². The summed E-state index contributed by atoms with van der Waals surface area (Å²) in [6, 6.07) is 3.76. The Kier molecular flexibility index (Phi) is 4.47. The standard InChI is InChI=1S/C14H18F2N2O/c15-12-4-2-9(6-13(12)16)7-14(19)18-8-10-1-3-11(17)5-10/h2,4,6,10-11H,1,3,5,7-8,17H2,(H,18,19). The summed E-state index contributed by atoms with van der Waals surface area (Å²) in [5.41, 5.74) is 6.27. The molecule has 3 nitrogen and oxygen atoms in total. The van der Waals surface area contributed by atoms with Crippen LogP contribution < -0.4 is 11.1 Å². The van der Waals surface area contributed by atoms with Crippen LogP contribution in [-0.2, 0) is 11.2 Å². The van der Waals surface area contributed by atoms with Crippen molar-refractivity contribution in [2.24, 2.45) is 11.7 Å². The van der Waals surface area contributed by atoms with Crippen LogP contribution in [0.1, 0.15) is 24.8 Å². The van der Waals surface area contributed by atoms with Gasteiger partial charge >= 0.3 is 0 Å². The van der Waals surface area contributed by atoms with Gasteiger partial charge in [-0.05, 0) is 42.9 Å². The molecule has 1 aliphatic rings. The van der Waals surface area contributed by atoms with Gasteiger partial charge in [0.05, 0.1) is 6.42 Å². The SMILES string of the molecule is NC1CCC(CNC(=O)Cc2ccc(F)c(F)c2)C1. The lowest BCUT2D eigenvalue weighted by Gasteiger charge is -2.11. The molecule has 2 atom stereocenters. The lowest BCUT2D eigenvalue weighted by atomic mass is 10.1. The fourth-order valence-corrected chi connectivity index (χ4v) is 2.45. The quantitative estimate of drug-likeness (QED) is 0.874. The average Bonchev–Trinajstić information content (AvgIpc) is 2.77. The topological polar surface area (TPSA) is 55.1 Å². The van der Waals surface area contributed by atoms with E-state index in [0.29, 0.717) is 18.0 Å². The first-order chi connectivity index (χ1) is 9.04. The molecule has 0 aromatic heterocycles. The van der Waals surface area contributed by atoms with Crippen molar-refractivity contribution in [1.82, 2.24) is 5.32 Å². The van der Waals surface area contributed by atoms with Gasteiger partial charge in [-0.3, -0.25) is 4.79 Å². The highest BCUT2D eigenvalue weighted by atomic mass is 19.2. The number of amides is 1. The smallest absolute Gasteiger partial charge is 0.224 e. The van der Waals surface area contributed by atoms with Gasteiger partial charge in [0, 0.05) is 12.6 Å². The lowest BCUT2D eigenvalue weighted by Crippen LogP contribution is -2.30. The highest BCUT2D eigenvalue weighted by molar-refractivity contribution is 5.78. The second-order valence-corrected chi connectivity index (χ2v) is 5.17. The molecule has 2 rings (SSSR count). The zero-order valence-corrected chi connectivity index (χ0v) is 10.7. The molecule has 2 unspecified atom stereocenters. The van der Waals surface area contributed by atoms with Gasteiger partial charge in [0.1, 0.15) is 0 Å². The summed E-state index contributed by atoms with van der Waals surface area (Å²) in [5, 5.41) is 2.82. The number of halogens is 2. The third-order valence-electron chi connectivity index (χ3n) is 3.52. The summed E-state index contributed by atoms with van der Waals surface area (Å²) in [7, 11) is 0. The summed E-state index contributed by atoms with van der Waals surface area (Å²) in [6.07, 6.45) is 3.04. The van der Waals surface area contributed by atoms with Crippen LogP contribution in [-0.4, -0.2) is 18.5 Å². The van der Waals surface area contributed by atoms with Crippen molar-refractivity contribution in [2.75, 3.05) is 6.54 Å². The van der Waals surface area contributed by atoms with Crippen LogP contribution in [0.5, 0.6) is 0 Å². The number of carbonyl (C=O) groups excluding carboxylic acids is 1. The Morgan fingerprint density at radius 3 is 2.74 bits per heavy atom. The second-order valence-electron chi connectivity index (χ2n) is 5.17. The Balaban J connectivity index is 1.79. The number of hydrogen-bond acceptors (Lipinski definition) is 2. The zero-order chi connectivity index (χ0) is 13.8. The molecule has 1 fully saturated rings. The number of hydrogen-bond donors (Lipinski definition) is 2. The highest BCUT2D eigenvalue weighted by Crippen LogP contribution is 2.23. The second kappa shape index (κ2) is 6.10. The molecule has 1 amide bonds. The fourth-order valence-electron chi connectivity index (χ4n) is 2.45. The minimum atomic E-state index is -0.924. The number of nitrogens with two attached hydrogens (primary N) is 1. The fraction of sp³-hybridized carbons (Fsp3) is 0.500. The Morgan fingerprint density at radius 1 is 1.32 bits per heavy atom. The number of rotatable bonds is 4. The van der Waals surface area contributed by atoms with Crippen molar-refractivity contribution in [1.29, 1.82) is 0 Å². The van der Waals surface area contributed by atoms with E-state index in [1.807, 2.05) is 0 Å². The van der Waals surface area contributed by atoms with Gasteiger partial charge in [-0.1, -0.05) is 6.07 Å². The van der Waals surface area contributed by atoms with Crippen molar-refractivity contribution in [3.63, 3.8) is 0 Å². The molecular formula is C14H18F2N2O. The molecule has 0 spiro atoms. The number of benzene rings is 1. The number of carbonyl (C=O) groups is 1. The van der Waals surface area contributed by atoms with Crippen molar-refractivity contribution in [3.8, 4) is 0 Å². The molecule has 0 aliphatic heterocycles. The van der Waals surface area contributed by atoms with E-state index in [1.54, 1.807) is 0 Å². The summed E-state index contributed by atoms with van der Waals surface area (Å²) >= 11 is 0. The Morgan fingerprint density at radius 2 is 2.11 bits per heavy atom. The third kappa shape index (κ3) is 3.99. The molecule has 0 radical (unpaired) electrons. The molecule has 1 aromatic rings. The minimum absolute atomic E-state index is 0.0654. The highest BCUT2D eigenvalue weighted by Gasteiger charge is 2.21. The Hall–Kier alpha value is -1.49. The van der Waals surface area contributed by atoms with Crippen LogP contribution in [0.4, 0.5) is 8.78 Å². The molecule has 5 heteroatoms. The first-order valence-corrected chi connectivity index (χ1v) is 6.51. The summed E-state index contributed by atoms with van der Waals surface area (Å²) in [5.74, 6) is -1.56. The Bertz CT molecular complexity index is 465. The van der Waals surface area contributed by atoms with Crippen molar-refractivity contribution in [3.05, 3.63) is 35.4 Å². The molecule has 0 bridgehead atoms. The van der Waals surface area contributed by atoms with Crippen molar-refractivity contribution in [2.45, 2.75) is 31.7 Å². The normalized spacial score (nSPS) is 22.5. The summed E-state index contributed by atoms with van der Waals surface area (Å²) in [6.45, 7) is 0.607. The molecule has 1 aromatic carbocycles. The first kappa shape index (κ1) is 13.9. The monoisotopic (exact) mass is 268 g/mol. The van der Waals surface area contributed by atoms with E-state index in [-0.39, 0.29) is 18.4 Å². The van der Waals surface area contributed by atoms with Crippen LogP contribution in [0.2, 0.25) is 0 Å². The molecular weight excluding hydrogens is 250 g/mol. The maximum absolute atomic E-state index is 13.0. The van der Waals surface area contributed by atoms with Gasteiger partial charge < -0.3 is 11.1 Å². The first-order valence-electron chi connectivity index (χ1n) is 6.51. The Labute approximate surface area is 111 Å². The van der Waals surface area contributed by atoms with Crippen molar-refractivity contribution >= 4 is 5.91 Å². The van der Waals surface area contributed by atoms with E-state index in [9.17, 15) is 13.6 Å².